The third-order valence-corrected chi connectivity index (χ3v) is 7.30. The molecular formula is C26H36Br2N4O2. The summed E-state index contributed by atoms with van der Waals surface area (Å²) >= 11 is 0. The molecule has 6 nitrogen and oxygen atoms in total. The van der Waals surface area contributed by atoms with Crippen molar-refractivity contribution in [2.24, 2.45) is 0 Å². The van der Waals surface area contributed by atoms with Crippen LogP contribution >= 0.6 is 0 Å². The van der Waals surface area contributed by atoms with E-state index in [9.17, 15) is 10.2 Å². The third-order valence-electron chi connectivity index (χ3n) is 7.30. The average molecular weight is 596 g/mol. The van der Waals surface area contributed by atoms with Gasteiger partial charge in [-0.25, -0.2) is 18.3 Å². The highest BCUT2D eigenvalue weighted by molar-refractivity contribution is 5.22. The number of imidazole rings is 2. The second-order valence-corrected chi connectivity index (χ2v) is 9.72. The summed E-state index contributed by atoms with van der Waals surface area (Å²) in [4.78, 5) is 0. The molecule has 0 radical (unpaired) electrons. The zero-order valence-electron chi connectivity index (χ0n) is 19.6. The van der Waals surface area contributed by atoms with E-state index in [1.165, 1.54) is 24.0 Å². The predicted molar refractivity (Wildman–Crippen MR) is 121 cm³/mol. The number of aromatic nitrogens is 4. The number of aliphatic hydroxyl groups is 2. The van der Waals surface area contributed by atoms with E-state index in [-0.39, 0.29) is 58.3 Å². The molecule has 186 valence electrons. The van der Waals surface area contributed by atoms with Gasteiger partial charge in [0, 0.05) is 0 Å². The number of rotatable bonds is 6. The second-order valence-electron chi connectivity index (χ2n) is 9.72. The Kier molecular flexibility index (Phi) is 9.95. The summed E-state index contributed by atoms with van der Waals surface area (Å²) in [5.41, 5.74) is 2.55. The molecule has 0 aliphatic heterocycles. The van der Waals surface area contributed by atoms with Crippen LogP contribution in [0.3, 0.4) is 0 Å². The molecule has 2 fully saturated rings. The van der Waals surface area contributed by atoms with E-state index < -0.39 is 0 Å². The van der Waals surface area contributed by atoms with Gasteiger partial charge in [-0.3, -0.25) is 0 Å². The van der Waals surface area contributed by atoms with Crippen LogP contribution in [-0.4, -0.2) is 31.6 Å². The van der Waals surface area contributed by atoms with Gasteiger partial charge in [0.15, 0.2) is 0 Å². The van der Waals surface area contributed by atoms with Gasteiger partial charge in [-0.2, -0.15) is 0 Å². The van der Waals surface area contributed by atoms with Crippen molar-refractivity contribution < 1.29 is 53.3 Å². The molecule has 2 N–H and O–H groups in total. The lowest BCUT2D eigenvalue weighted by Crippen LogP contribution is -3.00. The summed E-state index contributed by atoms with van der Waals surface area (Å²) in [6.07, 6.45) is 20.8. The Morgan fingerprint density at radius 3 is 1.59 bits per heavy atom. The number of nitrogens with zero attached hydrogens (tertiary/aromatic N) is 4. The van der Waals surface area contributed by atoms with Crippen molar-refractivity contribution in [3.63, 3.8) is 0 Å². The molecule has 2 aliphatic rings. The minimum Gasteiger partial charge on any atom is -1.00 e. The molecule has 2 aromatic heterocycles. The molecule has 2 saturated carbocycles. The van der Waals surface area contributed by atoms with E-state index in [0.29, 0.717) is 0 Å². The first-order valence-corrected chi connectivity index (χ1v) is 12.2. The number of halogens is 2. The summed E-state index contributed by atoms with van der Waals surface area (Å²) in [5, 5.41) is 20.7. The minimum absolute atomic E-state index is 0. The van der Waals surface area contributed by atoms with Crippen molar-refractivity contribution in [1.82, 2.24) is 9.13 Å². The smallest absolute Gasteiger partial charge is 0.244 e. The summed E-state index contributed by atoms with van der Waals surface area (Å²) in [6, 6.07) is 9.18. The zero-order chi connectivity index (χ0) is 21.9. The molecule has 34 heavy (non-hydrogen) atoms. The Bertz CT molecular complexity index is 960. The maximum Gasteiger partial charge on any atom is 0.244 e. The average Bonchev–Trinajstić information content (AvgIpc) is 3.45. The molecule has 0 saturated heterocycles. The Morgan fingerprint density at radius 1 is 0.706 bits per heavy atom. The molecular weight excluding hydrogens is 560 g/mol. The van der Waals surface area contributed by atoms with Crippen LogP contribution in [0.2, 0.25) is 0 Å². The monoisotopic (exact) mass is 594 g/mol. The van der Waals surface area contributed by atoms with Gasteiger partial charge < -0.3 is 44.2 Å². The molecule has 4 atom stereocenters. The van der Waals surface area contributed by atoms with Crippen molar-refractivity contribution in [3.8, 4) is 0 Å². The normalized spacial score (nSPS) is 24.8. The predicted octanol–water partition coefficient (Wildman–Crippen LogP) is -3.08. The highest BCUT2D eigenvalue weighted by atomic mass is 79.9. The SMILES string of the molecule is O[C@H]1CCCC[C@@H]1n1cc[n+](Cc2cccc(C[n+]3ccn([C@H]4CCCC[C@@H]4O)c3)c2)c1.[Br-].[Br-]. The molecule has 5 rings (SSSR count). The van der Waals surface area contributed by atoms with E-state index >= 15 is 0 Å². The number of aliphatic hydroxyl groups excluding tert-OH is 2. The maximum atomic E-state index is 10.3. The lowest BCUT2D eigenvalue weighted by Gasteiger charge is -2.24. The van der Waals surface area contributed by atoms with E-state index in [4.69, 9.17) is 0 Å². The molecule has 2 heterocycles. The van der Waals surface area contributed by atoms with Gasteiger partial charge in [0.1, 0.15) is 50.0 Å². The van der Waals surface area contributed by atoms with Crippen LogP contribution in [0.25, 0.3) is 0 Å². The van der Waals surface area contributed by atoms with Gasteiger partial charge in [0.2, 0.25) is 12.7 Å². The third kappa shape index (κ3) is 6.39. The van der Waals surface area contributed by atoms with E-state index in [2.05, 4.69) is 80.0 Å². The first-order chi connectivity index (χ1) is 15.7. The van der Waals surface area contributed by atoms with Crippen LogP contribution in [-0.2, 0) is 13.1 Å². The van der Waals surface area contributed by atoms with Gasteiger partial charge in [0.25, 0.3) is 0 Å². The summed E-state index contributed by atoms with van der Waals surface area (Å²) in [7, 11) is 0. The Hall–Kier alpha value is -1.48. The molecule has 2 aliphatic carbocycles. The Labute approximate surface area is 223 Å². The molecule has 8 heteroatoms. The maximum absolute atomic E-state index is 10.3. The molecule has 0 bridgehead atoms. The van der Waals surface area contributed by atoms with Crippen molar-refractivity contribution in [2.45, 2.75) is 88.7 Å². The minimum atomic E-state index is -0.230. The standard InChI is InChI=1S/C26H36N4O2.2BrH/c31-25-10-3-1-8-23(25)29-14-12-27(19-29)17-21-6-5-7-22(16-21)18-28-13-15-30(20-28)24-9-2-4-11-26(24)32;;/h5-7,12-16,19-20,23-26,31-32H,1-4,8-11,17-18H2;2*1H/q+2;;/p-2/t23-,24-,25-,26-;;/m0../s1. The van der Waals surface area contributed by atoms with Crippen LogP contribution in [0.15, 0.2) is 61.7 Å². The quantitative estimate of drug-likeness (QED) is 0.297. The van der Waals surface area contributed by atoms with Crippen molar-refractivity contribution in [1.29, 1.82) is 0 Å². The van der Waals surface area contributed by atoms with Gasteiger partial charge in [-0.15, -0.1) is 0 Å². The topological polar surface area (TPSA) is 58.1 Å². The lowest BCUT2D eigenvalue weighted by atomic mass is 9.92. The highest BCUT2D eigenvalue weighted by Gasteiger charge is 2.29. The number of hydrogen-bond acceptors (Lipinski definition) is 2. The van der Waals surface area contributed by atoms with Crippen molar-refractivity contribution in [3.05, 3.63) is 72.8 Å². The largest absolute Gasteiger partial charge is 1.00 e. The first kappa shape index (κ1) is 27.1. The van der Waals surface area contributed by atoms with Crippen LogP contribution in [0, 0.1) is 0 Å². The van der Waals surface area contributed by atoms with E-state index in [1.807, 2.05) is 0 Å². The Morgan fingerprint density at radius 2 is 1.15 bits per heavy atom. The van der Waals surface area contributed by atoms with Crippen LogP contribution in [0.1, 0.15) is 74.6 Å². The van der Waals surface area contributed by atoms with Crippen molar-refractivity contribution in [2.75, 3.05) is 0 Å². The van der Waals surface area contributed by atoms with Gasteiger partial charge in [-0.05, 0) is 55.7 Å². The second kappa shape index (κ2) is 12.5. The fourth-order valence-corrected chi connectivity index (χ4v) is 5.53. The number of hydrogen-bond donors (Lipinski definition) is 2. The zero-order valence-corrected chi connectivity index (χ0v) is 22.8. The molecule has 0 unspecified atom stereocenters. The summed E-state index contributed by atoms with van der Waals surface area (Å²) in [5.74, 6) is 0. The first-order valence-electron chi connectivity index (χ1n) is 12.2. The molecule has 0 spiro atoms. The fourth-order valence-electron chi connectivity index (χ4n) is 5.53. The summed E-state index contributed by atoms with van der Waals surface area (Å²) < 4.78 is 8.78. The molecule has 1 aromatic carbocycles. The van der Waals surface area contributed by atoms with Crippen LogP contribution < -0.4 is 43.1 Å². The Balaban J connectivity index is 0.00000162. The van der Waals surface area contributed by atoms with Crippen LogP contribution in [0.5, 0.6) is 0 Å². The van der Waals surface area contributed by atoms with Gasteiger partial charge in [0.05, 0.1) is 12.2 Å². The van der Waals surface area contributed by atoms with E-state index in [0.717, 1.165) is 51.6 Å². The number of benzene rings is 1. The fraction of sp³-hybridized carbons (Fsp3) is 0.538. The molecule has 0 amide bonds. The van der Waals surface area contributed by atoms with Gasteiger partial charge >= 0.3 is 0 Å². The molecule has 3 aromatic rings. The van der Waals surface area contributed by atoms with Gasteiger partial charge in [-0.1, -0.05) is 31.0 Å². The summed E-state index contributed by atoms with van der Waals surface area (Å²) in [6.45, 7) is 1.65. The highest BCUT2D eigenvalue weighted by Crippen LogP contribution is 2.29. The van der Waals surface area contributed by atoms with Crippen LogP contribution in [0.4, 0.5) is 0 Å². The lowest BCUT2D eigenvalue weighted by molar-refractivity contribution is -0.689. The van der Waals surface area contributed by atoms with E-state index in [1.54, 1.807) is 0 Å². The van der Waals surface area contributed by atoms with Crippen molar-refractivity contribution >= 4 is 0 Å².